The van der Waals surface area contributed by atoms with Gasteiger partial charge in [-0.2, -0.15) is 0 Å². The first-order valence-electron chi connectivity index (χ1n) is 7.53. The van der Waals surface area contributed by atoms with Crippen LogP contribution in [0.5, 0.6) is 0 Å². The highest BCUT2D eigenvalue weighted by Crippen LogP contribution is 2.28. The lowest BCUT2D eigenvalue weighted by molar-refractivity contribution is 0.580. The molecule has 0 bridgehead atoms. The first-order valence-corrected chi connectivity index (χ1v) is 7.53. The van der Waals surface area contributed by atoms with Crippen molar-refractivity contribution in [3.8, 4) is 11.1 Å². The standard InChI is InChI=1S/C19H21NO/c1-14(2)20-11-10-17-13-21-19-9-8-16(12-18(17)19)15-6-4-3-5-7-15/h3-9,12-14,20H,10-11H2,1-2H3. The van der Waals surface area contributed by atoms with Gasteiger partial charge in [0.1, 0.15) is 5.58 Å². The number of rotatable bonds is 5. The monoisotopic (exact) mass is 279 g/mol. The second kappa shape index (κ2) is 6.15. The van der Waals surface area contributed by atoms with Crippen molar-refractivity contribution >= 4 is 11.0 Å². The van der Waals surface area contributed by atoms with Gasteiger partial charge in [-0.05, 0) is 41.8 Å². The maximum absolute atomic E-state index is 5.67. The van der Waals surface area contributed by atoms with E-state index in [0.29, 0.717) is 6.04 Å². The Kier molecular flexibility index (Phi) is 4.07. The van der Waals surface area contributed by atoms with E-state index in [1.165, 1.54) is 22.1 Å². The van der Waals surface area contributed by atoms with Crippen LogP contribution in [0.2, 0.25) is 0 Å². The fourth-order valence-electron chi connectivity index (χ4n) is 2.58. The minimum atomic E-state index is 0.517. The van der Waals surface area contributed by atoms with Crippen molar-refractivity contribution in [2.24, 2.45) is 0 Å². The molecule has 0 aliphatic heterocycles. The zero-order valence-corrected chi connectivity index (χ0v) is 12.6. The fraction of sp³-hybridized carbons (Fsp3) is 0.263. The van der Waals surface area contributed by atoms with Gasteiger partial charge >= 0.3 is 0 Å². The summed E-state index contributed by atoms with van der Waals surface area (Å²) in [4.78, 5) is 0. The predicted molar refractivity (Wildman–Crippen MR) is 88.5 cm³/mol. The summed E-state index contributed by atoms with van der Waals surface area (Å²) in [5.41, 5.74) is 4.72. The van der Waals surface area contributed by atoms with E-state index in [-0.39, 0.29) is 0 Å². The molecule has 0 amide bonds. The Morgan fingerprint density at radius 2 is 1.81 bits per heavy atom. The highest BCUT2D eigenvalue weighted by molar-refractivity contribution is 5.86. The van der Waals surface area contributed by atoms with Gasteiger partial charge in [-0.15, -0.1) is 0 Å². The van der Waals surface area contributed by atoms with Crippen LogP contribution in [0.4, 0.5) is 0 Å². The number of hydrogen-bond donors (Lipinski definition) is 1. The summed E-state index contributed by atoms with van der Waals surface area (Å²) in [6.07, 6.45) is 2.88. The topological polar surface area (TPSA) is 25.2 Å². The van der Waals surface area contributed by atoms with Gasteiger partial charge in [0.25, 0.3) is 0 Å². The quantitative estimate of drug-likeness (QED) is 0.736. The molecule has 2 nitrogen and oxygen atoms in total. The fourth-order valence-corrected chi connectivity index (χ4v) is 2.58. The minimum absolute atomic E-state index is 0.517. The molecule has 0 fully saturated rings. The van der Waals surface area contributed by atoms with Gasteiger partial charge in [0.05, 0.1) is 6.26 Å². The Morgan fingerprint density at radius 3 is 2.57 bits per heavy atom. The number of nitrogens with one attached hydrogen (secondary N) is 1. The van der Waals surface area contributed by atoms with Crippen LogP contribution in [0.25, 0.3) is 22.1 Å². The molecule has 2 heteroatoms. The van der Waals surface area contributed by atoms with Gasteiger partial charge < -0.3 is 9.73 Å². The Bertz CT molecular complexity index is 713. The molecule has 108 valence electrons. The second-order valence-electron chi connectivity index (χ2n) is 5.70. The molecule has 1 N–H and O–H groups in total. The molecule has 0 spiro atoms. The Hall–Kier alpha value is -2.06. The number of furan rings is 1. The normalized spacial score (nSPS) is 11.4. The molecule has 0 aliphatic rings. The molecule has 2 aromatic carbocycles. The van der Waals surface area contributed by atoms with Crippen LogP contribution in [0, 0.1) is 0 Å². The molecular weight excluding hydrogens is 258 g/mol. The molecular formula is C19H21NO. The van der Waals surface area contributed by atoms with Crippen molar-refractivity contribution < 1.29 is 4.42 Å². The van der Waals surface area contributed by atoms with E-state index < -0.39 is 0 Å². The third-order valence-corrected chi connectivity index (χ3v) is 3.71. The van der Waals surface area contributed by atoms with E-state index in [4.69, 9.17) is 4.42 Å². The number of fused-ring (bicyclic) bond motifs is 1. The number of benzene rings is 2. The van der Waals surface area contributed by atoms with E-state index in [0.717, 1.165) is 18.5 Å². The molecule has 21 heavy (non-hydrogen) atoms. The summed E-state index contributed by atoms with van der Waals surface area (Å²) in [6, 6.07) is 17.4. The maximum atomic E-state index is 5.67. The van der Waals surface area contributed by atoms with Crippen LogP contribution in [0.3, 0.4) is 0 Å². The SMILES string of the molecule is CC(C)NCCc1coc2ccc(-c3ccccc3)cc12. The van der Waals surface area contributed by atoms with Gasteiger partial charge in [0, 0.05) is 11.4 Å². The third kappa shape index (κ3) is 3.17. The van der Waals surface area contributed by atoms with Gasteiger partial charge in [-0.25, -0.2) is 0 Å². The van der Waals surface area contributed by atoms with E-state index >= 15 is 0 Å². The average molecular weight is 279 g/mol. The highest BCUT2D eigenvalue weighted by Gasteiger charge is 2.07. The maximum Gasteiger partial charge on any atom is 0.134 e. The summed E-state index contributed by atoms with van der Waals surface area (Å²) in [6.45, 7) is 5.31. The van der Waals surface area contributed by atoms with E-state index in [1.54, 1.807) is 0 Å². The number of hydrogen-bond acceptors (Lipinski definition) is 2. The van der Waals surface area contributed by atoms with Crippen molar-refractivity contribution in [2.45, 2.75) is 26.3 Å². The van der Waals surface area contributed by atoms with Crippen molar-refractivity contribution in [3.05, 3.63) is 60.4 Å². The zero-order chi connectivity index (χ0) is 14.7. The van der Waals surface area contributed by atoms with Crippen LogP contribution in [-0.2, 0) is 6.42 Å². The summed E-state index contributed by atoms with van der Waals surface area (Å²) in [7, 11) is 0. The van der Waals surface area contributed by atoms with E-state index in [1.807, 2.05) is 12.3 Å². The molecule has 0 aliphatic carbocycles. The van der Waals surface area contributed by atoms with Crippen LogP contribution in [0.15, 0.2) is 59.2 Å². The lowest BCUT2D eigenvalue weighted by Gasteiger charge is -2.07. The Balaban J connectivity index is 1.89. The van der Waals surface area contributed by atoms with Crippen molar-refractivity contribution in [3.63, 3.8) is 0 Å². The van der Waals surface area contributed by atoms with Crippen LogP contribution in [-0.4, -0.2) is 12.6 Å². The molecule has 0 saturated carbocycles. The third-order valence-electron chi connectivity index (χ3n) is 3.71. The first kappa shape index (κ1) is 13.9. The Labute approximate surface area is 125 Å². The smallest absolute Gasteiger partial charge is 0.134 e. The van der Waals surface area contributed by atoms with E-state index in [2.05, 4.69) is 61.6 Å². The van der Waals surface area contributed by atoms with Gasteiger partial charge in [0.15, 0.2) is 0 Å². The van der Waals surface area contributed by atoms with Crippen molar-refractivity contribution in [2.75, 3.05) is 6.54 Å². The summed E-state index contributed by atoms with van der Waals surface area (Å²) >= 11 is 0. The largest absolute Gasteiger partial charge is 0.464 e. The zero-order valence-electron chi connectivity index (χ0n) is 12.6. The van der Waals surface area contributed by atoms with Crippen molar-refractivity contribution in [1.82, 2.24) is 5.32 Å². The Morgan fingerprint density at radius 1 is 1.00 bits per heavy atom. The summed E-state index contributed by atoms with van der Waals surface area (Å²) in [5, 5.41) is 4.68. The molecule has 0 atom stereocenters. The van der Waals surface area contributed by atoms with Gasteiger partial charge in [0.2, 0.25) is 0 Å². The molecule has 0 saturated heterocycles. The molecule has 1 aromatic heterocycles. The first-order chi connectivity index (χ1) is 10.2. The average Bonchev–Trinajstić information content (AvgIpc) is 2.90. The summed E-state index contributed by atoms with van der Waals surface area (Å²) < 4.78 is 5.67. The molecule has 3 rings (SSSR count). The summed E-state index contributed by atoms with van der Waals surface area (Å²) in [5.74, 6) is 0. The minimum Gasteiger partial charge on any atom is -0.464 e. The van der Waals surface area contributed by atoms with Crippen LogP contribution in [0.1, 0.15) is 19.4 Å². The molecule has 1 heterocycles. The van der Waals surface area contributed by atoms with E-state index in [9.17, 15) is 0 Å². The van der Waals surface area contributed by atoms with Crippen LogP contribution < -0.4 is 5.32 Å². The lowest BCUT2D eigenvalue weighted by atomic mass is 10.0. The predicted octanol–water partition coefficient (Wildman–Crippen LogP) is 4.64. The molecule has 3 aromatic rings. The van der Waals surface area contributed by atoms with Gasteiger partial charge in [-0.1, -0.05) is 50.2 Å². The molecule has 0 unspecified atom stereocenters. The molecule has 0 radical (unpaired) electrons. The van der Waals surface area contributed by atoms with Crippen LogP contribution >= 0.6 is 0 Å². The van der Waals surface area contributed by atoms with Crippen molar-refractivity contribution in [1.29, 1.82) is 0 Å². The lowest BCUT2D eigenvalue weighted by Crippen LogP contribution is -2.24. The van der Waals surface area contributed by atoms with Gasteiger partial charge in [-0.3, -0.25) is 0 Å². The highest BCUT2D eigenvalue weighted by atomic mass is 16.3. The second-order valence-corrected chi connectivity index (χ2v) is 5.70.